The fourth-order valence-electron chi connectivity index (χ4n) is 3.22. The number of ether oxygens (including phenoxy) is 1. The summed E-state index contributed by atoms with van der Waals surface area (Å²) in [5, 5.41) is 20.9. The molecule has 44 heavy (non-hydrogen) atoms. The van der Waals surface area contributed by atoms with Crippen molar-refractivity contribution >= 4 is 29.4 Å². The van der Waals surface area contributed by atoms with Gasteiger partial charge in [0.2, 0.25) is 0 Å². The van der Waals surface area contributed by atoms with Crippen molar-refractivity contribution in [3.8, 4) is 11.8 Å². The van der Waals surface area contributed by atoms with Gasteiger partial charge >= 0.3 is 30.3 Å². The number of carboxylic acids is 1. The van der Waals surface area contributed by atoms with E-state index in [4.69, 9.17) is 19.9 Å². The van der Waals surface area contributed by atoms with Gasteiger partial charge in [0, 0.05) is 13.1 Å². The maximum Gasteiger partial charge on any atom is 0.490 e. The highest BCUT2D eigenvalue weighted by molar-refractivity contribution is 6.00. The zero-order valence-electron chi connectivity index (χ0n) is 22.3. The molecule has 0 unspecified atom stereocenters. The molecule has 3 N–H and O–H groups in total. The average molecular weight is 630 g/mol. The number of urea groups is 1. The van der Waals surface area contributed by atoms with Crippen LogP contribution in [0.1, 0.15) is 16.8 Å². The van der Waals surface area contributed by atoms with Gasteiger partial charge in [0.05, 0.1) is 25.2 Å². The monoisotopic (exact) mass is 630 g/mol. The van der Waals surface area contributed by atoms with Crippen LogP contribution in [-0.2, 0) is 22.6 Å². The molecule has 0 aliphatic heterocycles. The van der Waals surface area contributed by atoms with Crippen LogP contribution in [0.3, 0.4) is 0 Å². The summed E-state index contributed by atoms with van der Waals surface area (Å²) in [5.74, 6) is -4.98. The van der Waals surface area contributed by atoms with Crippen LogP contribution in [0.15, 0.2) is 54.9 Å². The van der Waals surface area contributed by atoms with Gasteiger partial charge in [-0.05, 0) is 41.8 Å². The van der Waals surface area contributed by atoms with Gasteiger partial charge in [-0.1, -0.05) is 18.2 Å². The second-order valence-electron chi connectivity index (χ2n) is 8.42. The number of alkyl halides is 6. The number of aliphatic carboxylic acids is 1. The molecule has 0 aliphatic rings. The van der Waals surface area contributed by atoms with Crippen molar-refractivity contribution in [3.05, 3.63) is 77.5 Å². The molecule has 234 valence electrons. The Bertz CT molecular complexity index is 1490. The molecule has 2 aromatic carbocycles. The molecule has 1 heterocycles. The summed E-state index contributed by atoms with van der Waals surface area (Å²) < 4.78 is 89.6. The first-order valence-electron chi connectivity index (χ1n) is 11.9. The summed E-state index contributed by atoms with van der Waals surface area (Å²) in [5.41, 5.74) is 1.23. The van der Waals surface area contributed by atoms with E-state index < -0.39 is 36.1 Å². The van der Waals surface area contributed by atoms with Crippen LogP contribution < -0.4 is 15.4 Å². The van der Waals surface area contributed by atoms with Gasteiger partial charge in [-0.25, -0.2) is 23.9 Å². The van der Waals surface area contributed by atoms with E-state index in [9.17, 15) is 40.3 Å². The Morgan fingerprint density at radius 3 is 2.07 bits per heavy atom. The van der Waals surface area contributed by atoms with Gasteiger partial charge in [-0.15, -0.1) is 0 Å². The number of carbonyl (C=O) groups excluding carboxylic acids is 2. The molecule has 0 radical (unpaired) electrons. The fourth-order valence-corrected chi connectivity index (χ4v) is 3.22. The summed E-state index contributed by atoms with van der Waals surface area (Å²) >= 11 is 0. The number of hydrogen-bond acceptors (Lipinski definition) is 7. The Morgan fingerprint density at radius 1 is 0.955 bits per heavy atom. The summed E-state index contributed by atoms with van der Waals surface area (Å²) in [6, 6.07) is 10.5. The molecule has 0 atom stereocenters. The molecule has 0 saturated carbocycles. The number of hydrogen-bond donors (Lipinski definition) is 3. The maximum absolute atomic E-state index is 13.1. The number of carbonyl (C=O) groups is 3. The summed E-state index contributed by atoms with van der Waals surface area (Å²) in [7, 11) is 1.35. The van der Waals surface area contributed by atoms with Gasteiger partial charge < -0.3 is 20.1 Å². The lowest BCUT2D eigenvalue weighted by atomic mass is 10.1. The molecule has 0 bridgehead atoms. The van der Waals surface area contributed by atoms with Crippen molar-refractivity contribution in [2.24, 2.45) is 0 Å². The quantitative estimate of drug-likeness (QED) is 0.297. The van der Waals surface area contributed by atoms with Crippen LogP contribution in [0, 0.1) is 17.1 Å². The van der Waals surface area contributed by atoms with Crippen LogP contribution in [0.5, 0.6) is 5.75 Å². The van der Waals surface area contributed by atoms with Crippen molar-refractivity contribution in [2.45, 2.75) is 25.3 Å². The molecular formula is C26H21F7N6O5. The fraction of sp³-hybridized carbons (Fsp3) is 0.231. The van der Waals surface area contributed by atoms with Crippen LogP contribution in [0.4, 0.5) is 47.0 Å². The third-order valence-corrected chi connectivity index (χ3v) is 5.25. The number of nitrogens with zero attached hydrogens (tertiary/aromatic N) is 4. The topological polar surface area (TPSA) is 158 Å². The minimum Gasteiger partial charge on any atom is -0.495 e. The molecule has 11 nitrogen and oxygen atoms in total. The van der Waals surface area contributed by atoms with E-state index >= 15 is 0 Å². The SMILES string of the molecule is COc1cc(CCN(Cc2ccc(F)cc2)C(=O)C(F)(F)F)ccc1NC(=O)Nc1cnc(C#N)cn1.O=C(O)C(F)(F)F. The van der Waals surface area contributed by atoms with Crippen molar-refractivity contribution in [3.63, 3.8) is 0 Å². The molecule has 0 saturated heterocycles. The van der Waals surface area contributed by atoms with Gasteiger partial charge in [-0.2, -0.15) is 31.6 Å². The molecule has 3 aromatic rings. The lowest BCUT2D eigenvalue weighted by Crippen LogP contribution is -2.41. The molecule has 3 amide bonds. The third kappa shape index (κ3) is 11.1. The molecule has 18 heteroatoms. The summed E-state index contributed by atoms with van der Waals surface area (Å²) in [4.78, 5) is 41.4. The Hall–Kier alpha value is -5.47. The van der Waals surface area contributed by atoms with Crippen LogP contribution in [-0.4, -0.2) is 63.9 Å². The van der Waals surface area contributed by atoms with E-state index in [0.717, 1.165) is 12.1 Å². The van der Waals surface area contributed by atoms with Gasteiger partial charge in [0.15, 0.2) is 11.5 Å². The Labute approximate surface area is 243 Å². The number of carboxylic acid groups (broad SMARTS) is 1. The average Bonchev–Trinajstić information content (AvgIpc) is 2.96. The number of nitrogens with one attached hydrogen (secondary N) is 2. The molecule has 0 aliphatic carbocycles. The molecule has 0 spiro atoms. The first-order chi connectivity index (χ1) is 20.5. The first-order valence-corrected chi connectivity index (χ1v) is 11.9. The van der Waals surface area contributed by atoms with Crippen molar-refractivity contribution in [2.75, 3.05) is 24.3 Å². The van der Waals surface area contributed by atoms with Crippen LogP contribution in [0.25, 0.3) is 0 Å². The Kier molecular flexibility index (Phi) is 11.9. The van der Waals surface area contributed by atoms with Gasteiger partial charge in [0.1, 0.15) is 17.6 Å². The number of amides is 3. The smallest absolute Gasteiger partial charge is 0.490 e. The number of rotatable bonds is 8. The number of halogens is 7. The maximum atomic E-state index is 13.1. The van der Waals surface area contributed by atoms with E-state index in [0.29, 0.717) is 16.0 Å². The summed E-state index contributed by atoms with van der Waals surface area (Å²) in [6.45, 7) is -0.628. The molecule has 1 aromatic heterocycles. The van der Waals surface area contributed by atoms with E-state index in [2.05, 4.69) is 20.6 Å². The highest BCUT2D eigenvalue weighted by Gasteiger charge is 2.42. The first kappa shape index (κ1) is 34.7. The summed E-state index contributed by atoms with van der Waals surface area (Å²) in [6.07, 6.45) is -7.71. The number of aromatic nitrogens is 2. The van der Waals surface area contributed by atoms with E-state index in [1.165, 1.54) is 43.8 Å². The highest BCUT2D eigenvalue weighted by atomic mass is 19.4. The second kappa shape index (κ2) is 15.1. The predicted molar refractivity (Wildman–Crippen MR) is 138 cm³/mol. The highest BCUT2D eigenvalue weighted by Crippen LogP contribution is 2.27. The second-order valence-corrected chi connectivity index (χ2v) is 8.42. The minimum atomic E-state index is -5.08. The molecule has 0 fully saturated rings. The lowest BCUT2D eigenvalue weighted by molar-refractivity contribution is -0.192. The zero-order valence-corrected chi connectivity index (χ0v) is 22.3. The van der Waals surface area contributed by atoms with Gasteiger partial charge in [-0.3, -0.25) is 10.1 Å². The zero-order chi connectivity index (χ0) is 33.1. The van der Waals surface area contributed by atoms with Crippen LogP contribution in [0.2, 0.25) is 0 Å². The standard InChI is InChI=1S/C24H20F4N6O3.C2HF3O2/c1-37-20-10-15(4-7-19(20)32-23(36)33-21-13-30-18(11-29)12-31-21)8-9-34(22(35)24(26,27)28)14-16-2-5-17(25)6-3-16;3-2(4,5)1(6)7/h2-7,10,12-13H,8-9,14H2,1H3,(H2,31,32,33,36);(H,6,7). The predicted octanol–water partition coefficient (Wildman–Crippen LogP) is 4.91. The Balaban J connectivity index is 0.000000860. The largest absolute Gasteiger partial charge is 0.495 e. The Morgan fingerprint density at radius 2 is 1.57 bits per heavy atom. The van der Waals surface area contributed by atoms with Gasteiger partial charge in [0.25, 0.3) is 0 Å². The molecular weight excluding hydrogens is 609 g/mol. The van der Waals surface area contributed by atoms with E-state index in [-0.39, 0.29) is 42.5 Å². The van der Waals surface area contributed by atoms with Crippen molar-refractivity contribution < 1.29 is 55.0 Å². The number of anilines is 2. The van der Waals surface area contributed by atoms with E-state index in [1.54, 1.807) is 12.1 Å². The van der Waals surface area contributed by atoms with Crippen LogP contribution >= 0.6 is 0 Å². The molecule has 3 rings (SSSR count). The third-order valence-electron chi connectivity index (χ3n) is 5.25. The van der Waals surface area contributed by atoms with Crippen molar-refractivity contribution in [1.29, 1.82) is 5.26 Å². The number of methoxy groups -OCH3 is 1. The number of nitriles is 1. The lowest BCUT2D eigenvalue weighted by Gasteiger charge is -2.24. The normalized spacial score (nSPS) is 10.9. The van der Waals surface area contributed by atoms with Crippen molar-refractivity contribution in [1.82, 2.24) is 14.9 Å². The number of benzene rings is 2. The van der Waals surface area contributed by atoms with E-state index in [1.807, 2.05) is 0 Å². The minimum absolute atomic E-state index is 0.0483.